The van der Waals surface area contributed by atoms with Crippen LogP contribution in [-0.2, 0) is 20.0 Å². The van der Waals surface area contributed by atoms with E-state index in [-0.39, 0.29) is 22.4 Å². The third kappa shape index (κ3) is 3.92. The van der Waals surface area contributed by atoms with Crippen LogP contribution in [0.3, 0.4) is 0 Å². The second-order valence-electron chi connectivity index (χ2n) is 4.43. The van der Waals surface area contributed by atoms with Crippen molar-refractivity contribution in [3.8, 4) is 0 Å². The smallest absolute Gasteiger partial charge is 0.240 e. The van der Waals surface area contributed by atoms with Gasteiger partial charge >= 0.3 is 0 Å². The number of hydrogen-bond donors (Lipinski definition) is 2. The van der Waals surface area contributed by atoms with Crippen molar-refractivity contribution in [3.63, 3.8) is 0 Å². The first-order valence-corrected chi connectivity index (χ1v) is 9.09. The first-order valence-electron chi connectivity index (χ1n) is 5.95. The monoisotopic (exact) mass is 304 g/mol. The van der Waals surface area contributed by atoms with Crippen LogP contribution >= 0.6 is 0 Å². The molecule has 1 aromatic rings. The molecule has 0 aromatic heterocycles. The molecule has 0 aliphatic heterocycles. The van der Waals surface area contributed by atoms with Gasteiger partial charge in [-0.15, -0.1) is 0 Å². The minimum atomic E-state index is -3.57. The normalized spacial score (nSPS) is 16.3. The molecular weight excluding hydrogens is 288 g/mol. The van der Waals surface area contributed by atoms with Crippen LogP contribution in [0.1, 0.15) is 19.8 Å². The van der Waals surface area contributed by atoms with Crippen LogP contribution in [0.15, 0.2) is 29.2 Å². The van der Waals surface area contributed by atoms with Crippen molar-refractivity contribution in [2.45, 2.75) is 30.7 Å². The van der Waals surface area contributed by atoms with E-state index in [0.29, 0.717) is 0 Å². The van der Waals surface area contributed by atoms with Gasteiger partial charge in [0, 0.05) is 11.7 Å². The molecule has 1 aliphatic carbocycles. The Morgan fingerprint density at radius 3 is 2.47 bits per heavy atom. The molecule has 1 fully saturated rings. The van der Waals surface area contributed by atoms with Crippen molar-refractivity contribution >= 4 is 25.7 Å². The highest BCUT2D eigenvalue weighted by atomic mass is 32.2. The Balaban J connectivity index is 2.23. The van der Waals surface area contributed by atoms with Gasteiger partial charge in [-0.3, -0.25) is 4.72 Å². The zero-order valence-electron chi connectivity index (χ0n) is 10.5. The van der Waals surface area contributed by atoms with Gasteiger partial charge in [0.2, 0.25) is 20.0 Å². The van der Waals surface area contributed by atoms with E-state index in [1.54, 1.807) is 0 Å². The summed E-state index contributed by atoms with van der Waals surface area (Å²) in [5, 5.41) is 0. The first kappa shape index (κ1) is 14.3. The number of sulfonamides is 2. The summed E-state index contributed by atoms with van der Waals surface area (Å²) in [6.45, 7) is 1.51. The Bertz CT molecular complexity index is 664. The average molecular weight is 304 g/mol. The molecule has 0 saturated heterocycles. The van der Waals surface area contributed by atoms with Crippen LogP contribution in [0, 0.1) is 0 Å². The number of nitrogens with one attached hydrogen (secondary N) is 2. The van der Waals surface area contributed by atoms with Crippen LogP contribution in [0.5, 0.6) is 0 Å². The largest absolute Gasteiger partial charge is 0.284 e. The lowest BCUT2D eigenvalue weighted by Crippen LogP contribution is -2.25. The summed E-state index contributed by atoms with van der Waals surface area (Å²) < 4.78 is 51.7. The maximum atomic E-state index is 12.0. The molecule has 19 heavy (non-hydrogen) atoms. The Kier molecular flexibility index (Phi) is 3.84. The SMILES string of the molecule is CCS(=O)(=O)Nc1cccc(S(=O)(=O)NC2CC2)c1. The fourth-order valence-corrected chi connectivity index (χ4v) is 3.45. The highest BCUT2D eigenvalue weighted by molar-refractivity contribution is 7.92. The van der Waals surface area contributed by atoms with Gasteiger partial charge in [-0.25, -0.2) is 21.6 Å². The van der Waals surface area contributed by atoms with E-state index in [4.69, 9.17) is 0 Å². The van der Waals surface area contributed by atoms with Crippen LogP contribution in [0.25, 0.3) is 0 Å². The summed E-state index contributed by atoms with van der Waals surface area (Å²) in [4.78, 5) is 0.0655. The first-order chi connectivity index (χ1) is 8.82. The zero-order chi connectivity index (χ0) is 14.1. The third-order valence-corrected chi connectivity index (χ3v) is 5.52. The van der Waals surface area contributed by atoms with E-state index in [2.05, 4.69) is 9.44 Å². The topological polar surface area (TPSA) is 92.3 Å². The number of benzene rings is 1. The van der Waals surface area contributed by atoms with Crippen LogP contribution < -0.4 is 9.44 Å². The van der Waals surface area contributed by atoms with Crippen LogP contribution in [0.2, 0.25) is 0 Å². The fraction of sp³-hybridized carbons (Fsp3) is 0.455. The quantitative estimate of drug-likeness (QED) is 0.816. The second kappa shape index (κ2) is 5.10. The average Bonchev–Trinajstić information content (AvgIpc) is 3.12. The van der Waals surface area contributed by atoms with Crippen LogP contribution in [-0.4, -0.2) is 28.6 Å². The van der Waals surface area contributed by atoms with E-state index < -0.39 is 20.0 Å². The zero-order valence-corrected chi connectivity index (χ0v) is 12.1. The van der Waals surface area contributed by atoms with E-state index in [0.717, 1.165) is 12.8 Å². The Morgan fingerprint density at radius 1 is 1.21 bits per heavy atom. The van der Waals surface area contributed by atoms with Gasteiger partial charge in [-0.2, -0.15) is 0 Å². The van der Waals surface area contributed by atoms with Crippen molar-refractivity contribution in [1.29, 1.82) is 0 Å². The summed E-state index contributed by atoms with van der Waals surface area (Å²) in [5.74, 6) is -0.0652. The molecule has 1 aromatic carbocycles. The lowest BCUT2D eigenvalue weighted by atomic mass is 10.3. The molecule has 0 bridgehead atoms. The van der Waals surface area contributed by atoms with Crippen molar-refractivity contribution in [2.24, 2.45) is 0 Å². The van der Waals surface area contributed by atoms with Crippen molar-refractivity contribution in [1.82, 2.24) is 4.72 Å². The minimum absolute atomic E-state index is 0.0148. The van der Waals surface area contributed by atoms with Gasteiger partial charge in [-0.1, -0.05) is 6.07 Å². The number of hydrogen-bond acceptors (Lipinski definition) is 4. The van der Waals surface area contributed by atoms with Crippen molar-refractivity contribution in [3.05, 3.63) is 24.3 Å². The molecule has 6 nitrogen and oxygen atoms in total. The third-order valence-electron chi connectivity index (χ3n) is 2.70. The lowest BCUT2D eigenvalue weighted by molar-refractivity contribution is 0.581. The Morgan fingerprint density at radius 2 is 1.89 bits per heavy atom. The Hall–Kier alpha value is -1.12. The highest BCUT2D eigenvalue weighted by Crippen LogP contribution is 2.23. The molecule has 0 radical (unpaired) electrons. The molecule has 1 saturated carbocycles. The molecule has 0 unspecified atom stereocenters. The van der Waals surface area contributed by atoms with Gasteiger partial charge in [0.15, 0.2) is 0 Å². The highest BCUT2D eigenvalue weighted by Gasteiger charge is 2.28. The van der Waals surface area contributed by atoms with Gasteiger partial charge in [0.05, 0.1) is 10.6 Å². The predicted octanol–water partition coefficient (Wildman–Crippen LogP) is 0.889. The molecule has 8 heteroatoms. The molecule has 0 spiro atoms. The van der Waals surface area contributed by atoms with Crippen LogP contribution in [0.4, 0.5) is 5.69 Å². The molecule has 2 N–H and O–H groups in total. The van der Waals surface area contributed by atoms with E-state index in [1.807, 2.05) is 0 Å². The molecule has 0 atom stereocenters. The number of anilines is 1. The van der Waals surface area contributed by atoms with Gasteiger partial charge in [0.1, 0.15) is 0 Å². The standard InChI is InChI=1S/C11H16N2O4S2/c1-2-18(14,15)12-10-4-3-5-11(8-10)19(16,17)13-9-6-7-9/h3-5,8-9,12-13H,2,6-7H2,1H3. The lowest BCUT2D eigenvalue weighted by Gasteiger charge is -2.09. The molecule has 0 amide bonds. The number of rotatable bonds is 6. The van der Waals surface area contributed by atoms with Gasteiger partial charge in [0.25, 0.3) is 0 Å². The summed E-state index contributed by atoms with van der Waals surface area (Å²) in [7, 11) is -6.98. The molecular formula is C11H16N2O4S2. The molecule has 106 valence electrons. The van der Waals surface area contributed by atoms with Crippen molar-refractivity contribution in [2.75, 3.05) is 10.5 Å². The van der Waals surface area contributed by atoms with E-state index in [9.17, 15) is 16.8 Å². The summed E-state index contributed by atoms with van der Waals surface area (Å²) in [6, 6.07) is 5.80. The molecule has 0 heterocycles. The van der Waals surface area contributed by atoms with Crippen molar-refractivity contribution < 1.29 is 16.8 Å². The van der Waals surface area contributed by atoms with E-state index >= 15 is 0 Å². The van der Waals surface area contributed by atoms with E-state index in [1.165, 1.54) is 31.2 Å². The van der Waals surface area contributed by atoms with Gasteiger partial charge < -0.3 is 0 Å². The Labute approximate surface area is 113 Å². The summed E-state index contributed by atoms with van der Waals surface area (Å²) in [6.07, 6.45) is 1.70. The predicted molar refractivity (Wildman–Crippen MR) is 72.9 cm³/mol. The second-order valence-corrected chi connectivity index (χ2v) is 8.15. The van der Waals surface area contributed by atoms with Gasteiger partial charge in [-0.05, 0) is 38.0 Å². The summed E-state index contributed by atoms with van der Waals surface area (Å²) >= 11 is 0. The molecule has 2 rings (SSSR count). The maximum absolute atomic E-state index is 12.0. The summed E-state index contributed by atoms with van der Waals surface area (Å²) in [5.41, 5.74) is 0.250. The minimum Gasteiger partial charge on any atom is -0.284 e. The molecule has 1 aliphatic rings. The maximum Gasteiger partial charge on any atom is 0.240 e. The fourth-order valence-electron chi connectivity index (χ4n) is 1.47.